The minimum absolute atomic E-state index is 0.0458. The number of nitrogens with zero attached hydrogens (tertiary/aromatic N) is 3. The summed E-state index contributed by atoms with van der Waals surface area (Å²) in [5.74, 6) is 3.10. The fourth-order valence-corrected chi connectivity index (χ4v) is 5.03. The molecule has 0 atom stereocenters. The number of anilines is 1. The second kappa shape index (κ2) is 11.4. The lowest BCUT2D eigenvalue weighted by Crippen LogP contribution is -2.44. The van der Waals surface area contributed by atoms with Crippen LogP contribution in [0.2, 0.25) is 5.02 Å². The first-order valence-corrected chi connectivity index (χ1v) is 13.2. The summed E-state index contributed by atoms with van der Waals surface area (Å²) >= 11 is 6.50. The number of imidazole rings is 1. The monoisotopic (exact) mass is 584 g/mol. The van der Waals surface area contributed by atoms with Crippen molar-refractivity contribution in [1.82, 2.24) is 14.9 Å². The fraction of sp³-hybridized carbons (Fsp3) is 0.267. The number of rotatable bonds is 4. The lowest BCUT2D eigenvalue weighted by Gasteiger charge is -2.29. The molecule has 2 heterocycles. The molecular weight excluding hydrogens is 560 g/mol. The number of benzene rings is 3. The molecule has 1 fully saturated rings. The van der Waals surface area contributed by atoms with E-state index in [-0.39, 0.29) is 28.5 Å². The Bertz CT molecular complexity index is 1660. The van der Waals surface area contributed by atoms with Gasteiger partial charge < -0.3 is 19.5 Å². The van der Waals surface area contributed by atoms with Gasteiger partial charge in [-0.05, 0) is 48.7 Å². The van der Waals surface area contributed by atoms with Crippen molar-refractivity contribution in [2.75, 3.05) is 31.1 Å². The molecule has 0 unspecified atom stereocenters. The number of carbonyl (C=O) groups excluding carboxylic acids is 1. The van der Waals surface area contributed by atoms with Crippen LogP contribution in [0.1, 0.15) is 27.8 Å². The molecule has 0 spiro atoms. The van der Waals surface area contributed by atoms with Crippen LogP contribution in [0.25, 0.3) is 11.0 Å². The second-order valence-corrected chi connectivity index (χ2v) is 10.1. The minimum atomic E-state index is -5.24. The maximum atomic E-state index is 14.4. The average molecular weight is 585 g/mol. The molecule has 1 N–H and O–H groups in total. The van der Waals surface area contributed by atoms with Crippen LogP contribution in [0, 0.1) is 31.5 Å². The first kappa shape index (κ1) is 28.5. The first-order chi connectivity index (χ1) is 19.5. The number of nitrogens with one attached hydrogen (secondary N) is 1. The number of hydrogen-bond donors (Lipinski definition) is 1. The number of ether oxygens (including phenoxy) is 1. The van der Waals surface area contributed by atoms with Crippen molar-refractivity contribution < 1.29 is 27.1 Å². The number of alkyl halides is 3. The predicted molar refractivity (Wildman–Crippen MR) is 149 cm³/mol. The highest BCUT2D eigenvalue weighted by Crippen LogP contribution is 2.38. The molecule has 1 aliphatic heterocycles. The van der Waals surface area contributed by atoms with Gasteiger partial charge in [0.1, 0.15) is 11.3 Å². The Morgan fingerprint density at radius 3 is 2.37 bits per heavy atom. The summed E-state index contributed by atoms with van der Waals surface area (Å²) in [6.07, 6.45) is -5.24. The Kier molecular flexibility index (Phi) is 7.93. The summed E-state index contributed by atoms with van der Waals surface area (Å²) in [6.45, 7) is 6.30. The molecule has 1 aliphatic rings. The number of aromatic nitrogens is 2. The van der Waals surface area contributed by atoms with Gasteiger partial charge in [-0.2, -0.15) is 13.2 Å². The first-order valence-electron chi connectivity index (χ1n) is 12.8. The molecule has 0 bridgehead atoms. The van der Waals surface area contributed by atoms with Gasteiger partial charge in [0.2, 0.25) is 5.95 Å². The smallest absolute Gasteiger partial charge is 0.417 e. The van der Waals surface area contributed by atoms with Gasteiger partial charge in [0.25, 0.3) is 0 Å². The van der Waals surface area contributed by atoms with Crippen molar-refractivity contribution >= 4 is 34.6 Å². The van der Waals surface area contributed by atoms with E-state index < -0.39 is 17.9 Å². The van der Waals surface area contributed by atoms with E-state index in [1.807, 2.05) is 9.47 Å². The Balaban J connectivity index is 1.75. The number of piperazine rings is 1. The fourth-order valence-electron chi connectivity index (χ4n) is 4.79. The molecule has 3 aromatic carbocycles. The Labute approximate surface area is 238 Å². The molecule has 1 saturated heterocycles. The molecule has 0 aliphatic carbocycles. The van der Waals surface area contributed by atoms with Crippen molar-refractivity contribution in [2.24, 2.45) is 0 Å². The number of fused-ring (bicyclic) bond motifs is 1. The van der Waals surface area contributed by atoms with Crippen LogP contribution in [-0.4, -0.2) is 47.9 Å². The highest BCUT2D eigenvalue weighted by molar-refractivity contribution is 6.33. The lowest BCUT2D eigenvalue weighted by atomic mass is 10.1. The summed E-state index contributed by atoms with van der Waals surface area (Å²) < 4.78 is 60.6. The zero-order valence-corrected chi connectivity index (χ0v) is 23.0. The van der Waals surface area contributed by atoms with E-state index in [9.17, 15) is 22.4 Å². The van der Waals surface area contributed by atoms with E-state index in [0.717, 1.165) is 5.56 Å². The van der Waals surface area contributed by atoms with Gasteiger partial charge in [-0.25, -0.2) is 14.2 Å². The molecule has 0 radical (unpaired) electrons. The summed E-state index contributed by atoms with van der Waals surface area (Å²) in [7, 11) is 0. The molecule has 0 amide bonds. The van der Waals surface area contributed by atoms with E-state index in [1.54, 1.807) is 56.3 Å². The van der Waals surface area contributed by atoms with Crippen LogP contribution in [0.5, 0.6) is 5.75 Å². The third-order valence-electron chi connectivity index (χ3n) is 6.70. The third kappa shape index (κ3) is 6.01. The number of hydrogen-bond acceptors (Lipinski definition) is 5. The molecule has 6 nitrogen and oxygen atoms in total. The van der Waals surface area contributed by atoms with Gasteiger partial charge in [-0.3, -0.25) is 0 Å². The predicted octanol–water partition coefficient (Wildman–Crippen LogP) is 5.77. The van der Waals surface area contributed by atoms with Crippen molar-refractivity contribution in [2.45, 2.75) is 26.6 Å². The van der Waals surface area contributed by atoms with Crippen molar-refractivity contribution in [3.8, 4) is 17.6 Å². The highest BCUT2D eigenvalue weighted by Gasteiger charge is 2.42. The van der Waals surface area contributed by atoms with E-state index >= 15 is 0 Å². The van der Waals surface area contributed by atoms with Gasteiger partial charge in [0.15, 0.2) is 5.75 Å². The SMILES string of the molecule is Cc1cc(Cn2c(N3CCNCC3)nc3c(C#Cc4ccccc4)c(OC(=O)C(F)(F)F)c(Cl)cc32)cc(C)c1F. The van der Waals surface area contributed by atoms with E-state index in [2.05, 4.69) is 17.2 Å². The molecule has 5 rings (SSSR count). The molecule has 11 heteroatoms. The summed E-state index contributed by atoms with van der Waals surface area (Å²) in [5.41, 5.74) is 3.03. The van der Waals surface area contributed by atoms with E-state index in [4.69, 9.17) is 21.3 Å². The number of esters is 1. The Morgan fingerprint density at radius 2 is 1.73 bits per heavy atom. The molecule has 212 valence electrons. The van der Waals surface area contributed by atoms with Gasteiger partial charge >= 0.3 is 12.1 Å². The molecule has 41 heavy (non-hydrogen) atoms. The van der Waals surface area contributed by atoms with Gasteiger partial charge in [-0.1, -0.05) is 53.8 Å². The molecule has 4 aromatic rings. The van der Waals surface area contributed by atoms with Gasteiger partial charge in [0, 0.05) is 31.7 Å². The average Bonchev–Trinajstić information content (AvgIpc) is 3.29. The van der Waals surface area contributed by atoms with Crippen LogP contribution in [-0.2, 0) is 11.3 Å². The van der Waals surface area contributed by atoms with E-state index in [1.165, 1.54) is 6.07 Å². The van der Waals surface area contributed by atoms with Crippen LogP contribution in [0.15, 0.2) is 48.5 Å². The zero-order valence-electron chi connectivity index (χ0n) is 22.2. The number of aryl methyl sites for hydroxylation is 2. The quantitative estimate of drug-likeness (QED) is 0.143. The standard InChI is InChI=1S/C30H25ClF4N4O2/c1-18-14-21(15-19(2)25(18)32)17-39-24-16-23(31)27(41-28(40)30(33,34)35)22(9-8-20-6-4-3-5-7-20)26(24)37-29(39)38-12-10-36-11-13-38/h3-7,14-16,36H,10-13,17H2,1-2H3. The maximum Gasteiger partial charge on any atom is 0.491 e. The third-order valence-corrected chi connectivity index (χ3v) is 6.98. The van der Waals surface area contributed by atoms with Crippen LogP contribution in [0.4, 0.5) is 23.5 Å². The Morgan fingerprint density at radius 1 is 1.07 bits per heavy atom. The lowest BCUT2D eigenvalue weighted by molar-refractivity contribution is -0.189. The normalized spacial score (nSPS) is 13.7. The Hall–Kier alpha value is -4.07. The summed E-state index contributed by atoms with van der Waals surface area (Å²) in [6, 6.07) is 13.7. The minimum Gasteiger partial charge on any atom is -0.417 e. The van der Waals surface area contributed by atoms with Crippen molar-refractivity contribution in [3.05, 3.63) is 87.2 Å². The summed E-state index contributed by atoms with van der Waals surface area (Å²) in [4.78, 5) is 18.8. The maximum absolute atomic E-state index is 14.4. The van der Waals surface area contributed by atoms with Crippen LogP contribution < -0.4 is 15.0 Å². The number of halogens is 5. The largest absolute Gasteiger partial charge is 0.491 e. The van der Waals surface area contributed by atoms with Crippen LogP contribution in [0.3, 0.4) is 0 Å². The van der Waals surface area contributed by atoms with Gasteiger partial charge in [-0.15, -0.1) is 0 Å². The molecule has 0 saturated carbocycles. The van der Waals surface area contributed by atoms with Crippen LogP contribution >= 0.6 is 11.6 Å². The summed E-state index contributed by atoms with van der Waals surface area (Å²) in [5, 5.41) is 3.05. The topological polar surface area (TPSA) is 59.4 Å². The number of carbonyl (C=O) groups is 1. The van der Waals surface area contributed by atoms with Gasteiger partial charge in [0.05, 0.1) is 22.6 Å². The molecular formula is C30H25ClF4N4O2. The zero-order chi connectivity index (χ0) is 29.3. The van der Waals surface area contributed by atoms with Crippen molar-refractivity contribution in [3.63, 3.8) is 0 Å². The van der Waals surface area contributed by atoms with E-state index in [0.29, 0.717) is 54.3 Å². The molecule has 1 aromatic heterocycles. The van der Waals surface area contributed by atoms with Crippen molar-refractivity contribution in [1.29, 1.82) is 0 Å². The second-order valence-electron chi connectivity index (χ2n) is 9.71. The highest BCUT2D eigenvalue weighted by atomic mass is 35.5.